The normalized spacial score (nSPS) is 13.5. The van der Waals surface area contributed by atoms with E-state index in [0.29, 0.717) is 23.0 Å². The maximum atomic E-state index is 10.2. The first-order chi connectivity index (χ1) is 11.4. The molecule has 0 aliphatic carbocycles. The minimum absolute atomic E-state index is 0.605. The predicted octanol–water partition coefficient (Wildman–Crippen LogP) is 6.61. The highest BCUT2D eigenvalue weighted by Gasteiger charge is 2.44. The van der Waals surface area contributed by atoms with Gasteiger partial charge in [0.15, 0.2) is 8.32 Å². The fourth-order valence-corrected chi connectivity index (χ4v) is 9.09. The summed E-state index contributed by atoms with van der Waals surface area (Å²) in [5.74, 6) is 0. The SMILES string of the molecule is CC(C)[Si](OCCCC=CC=CC=CCCC=O)(C(C)C)C(C)C. The van der Waals surface area contributed by atoms with Gasteiger partial charge in [0.05, 0.1) is 0 Å². The van der Waals surface area contributed by atoms with E-state index in [4.69, 9.17) is 4.43 Å². The van der Waals surface area contributed by atoms with Crippen LogP contribution in [0.5, 0.6) is 0 Å². The Morgan fingerprint density at radius 1 is 0.750 bits per heavy atom. The zero-order chi connectivity index (χ0) is 18.4. The molecule has 0 bridgehead atoms. The summed E-state index contributed by atoms with van der Waals surface area (Å²) in [7, 11) is -1.70. The molecule has 0 aromatic heterocycles. The van der Waals surface area contributed by atoms with Gasteiger partial charge in [0, 0.05) is 13.0 Å². The zero-order valence-corrected chi connectivity index (χ0v) is 17.6. The van der Waals surface area contributed by atoms with E-state index in [-0.39, 0.29) is 0 Å². The molecule has 0 amide bonds. The van der Waals surface area contributed by atoms with Gasteiger partial charge in [0.2, 0.25) is 0 Å². The fraction of sp³-hybridized carbons (Fsp3) is 0.667. The quantitative estimate of drug-likeness (QED) is 0.162. The van der Waals surface area contributed by atoms with Gasteiger partial charge in [0.25, 0.3) is 0 Å². The van der Waals surface area contributed by atoms with Crippen LogP contribution in [0.1, 0.15) is 67.2 Å². The molecule has 0 saturated carbocycles. The molecule has 0 aliphatic heterocycles. The molecule has 0 aromatic rings. The van der Waals surface area contributed by atoms with Crippen molar-refractivity contribution < 1.29 is 9.22 Å². The van der Waals surface area contributed by atoms with Gasteiger partial charge in [-0.25, -0.2) is 0 Å². The number of allylic oxidation sites excluding steroid dienone is 6. The lowest BCUT2D eigenvalue weighted by Crippen LogP contribution is -2.47. The molecule has 2 nitrogen and oxygen atoms in total. The number of carbonyl (C=O) groups is 1. The third kappa shape index (κ3) is 8.25. The largest absolute Gasteiger partial charge is 0.416 e. The maximum absolute atomic E-state index is 10.2. The second kappa shape index (κ2) is 13.4. The van der Waals surface area contributed by atoms with Crippen LogP contribution in [0, 0.1) is 0 Å². The number of rotatable bonds is 13. The smallest absolute Gasteiger partial charge is 0.200 e. The predicted molar refractivity (Wildman–Crippen MR) is 109 cm³/mol. The first-order valence-electron chi connectivity index (χ1n) is 9.45. The van der Waals surface area contributed by atoms with E-state index < -0.39 is 8.32 Å². The Morgan fingerprint density at radius 3 is 1.71 bits per heavy atom. The van der Waals surface area contributed by atoms with Gasteiger partial charge < -0.3 is 9.22 Å². The Morgan fingerprint density at radius 2 is 1.25 bits per heavy atom. The molecule has 138 valence electrons. The van der Waals surface area contributed by atoms with Crippen LogP contribution in [0.2, 0.25) is 16.6 Å². The molecule has 0 unspecified atom stereocenters. The molecule has 24 heavy (non-hydrogen) atoms. The molecular formula is C21H38O2Si. The lowest BCUT2D eigenvalue weighted by atomic mass is 10.3. The molecule has 0 aromatic carbocycles. The highest BCUT2D eigenvalue weighted by Crippen LogP contribution is 2.42. The van der Waals surface area contributed by atoms with Crippen molar-refractivity contribution in [3.05, 3.63) is 36.5 Å². The lowest BCUT2D eigenvalue weighted by molar-refractivity contribution is -0.107. The van der Waals surface area contributed by atoms with Crippen LogP contribution in [0.15, 0.2) is 36.5 Å². The van der Waals surface area contributed by atoms with Crippen molar-refractivity contribution in [2.45, 2.75) is 83.8 Å². The van der Waals surface area contributed by atoms with Crippen LogP contribution < -0.4 is 0 Å². The molecule has 0 atom stereocenters. The Hall–Kier alpha value is -0.933. The van der Waals surface area contributed by atoms with E-state index in [2.05, 4.69) is 53.7 Å². The Bertz CT molecular complexity index is 384. The molecule has 0 rings (SSSR count). The van der Waals surface area contributed by atoms with Crippen LogP contribution in [-0.2, 0) is 9.22 Å². The highest BCUT2D eigenvalue weighted by atomic mass is 28.4. The van der Waals surface area contributed by atoms with E-state index >= 15 is 0 Å². The third-order valence-electron chi connectivity index (χ3n) is 4.63. The highest BCUT2D eigenvalue weighted by molar-refractivity contribution is 6.77. The van der Waals surface area contributed by atoms with E-state index in [1.807, 2.05) is 24.3 Å². The van der Waals surface area contributed by atoms with Gasteiger partial charge >= 0.3 is 0 Å². The average Bonchev–Trinajstić information content (AvgIpc) is 2.51. The maximum Gasteiger partial charge on any atom is 0.200 e. The fourth-order valence-electron chi connectivity index (χ4n) is 3.59. The topological polar surface area (TPSA) is 26.3 Å². The first-order valence-corrected chi connectivity index (χ1v) is 11.6. The summed E-state index contributed by atoms with van der Waals surface area (Å²) >= 11 is 0. The van der Waals surface area contributed by atoms with Crippen molar-refractivity contribution in [1.82, 2.24) is 0 Å². The third-order valence-corrected chi connectivity index (χ3v) is 10.7. The minimum atomic E-state index is -1.70. The van der Waals surface area contributed by atoms with Crippen molar-refractivity contribution in [3.63, 3.8) is 0 Å². The van der Waals surface area contributed by atoms with Gasteiger partial charge in [-0.2, -0.15) is 0 Å². The van der Waals surface area contributed by atoms with E-state index in [1.165, 1.54) is 0 Å². The van der Waals surface area contributed by atoms with Gasteiger partial charge in [-0.3, -0.25) is 0 Å². The molecule has 0 radical (unpaired) electrons. The Balaban J connectivity index is 4.14. The van der Waals surface area contributed by atoms with Gasteiger partial charge in [-0.15, -0.1) is 0 Å². The first kappa shape index (κ1) is 23.1. The van der Waals surface area contributed by atoms with Crippen molar-refractivity contribution in [1.29, 1.82) is 0 Å². The summed E-state index contributed by atoms with van der Waals surface area (Å²) in [6.45, 7) is 14.9. The Kier molecular flexibility index (Phi) is 12.8. The summed E-state index contributed by atoms with van der Waals surface area (Å²) < 4.78 is 6.54. The second-order valence-electron chi connectivity index (χ2n) is 7.29. The van der Waals surface area contributed by atoms with Crippen LogP contribution in [0.4, 0.5) is 0 Å². The molecule has 0 heterocycles. The van der Waals surface area contributed by atoms with E-state index in [9.17, 15) is 4.79 Å². The van der Waals surface area contributed by atoms with Crippen molar-refractivity contribution in [2.24, 2.45) is 0 Å². The van der Waals surface area contributed by atoms with Crippen LogP contribution in [0.25, 0.3) is 0 Å². The number of hydrogen-bond donors (Lipinski definition) is 0. The van der Waals surface area contributed by atoms with Crippen molar-refractivity contribution >= 4 is 14.6 Å². The average molecular weight is 351 g/mol. The minimum Gasteiger partial charge on any atom is -0.416 e. The van der Waals surface area contributed by atoms with E-state index in [0.717, 1.165) is 32.2 Å². The van der Waals surface area contributed by atoms with E-state index in [1.54, 1.807) is 0 Å². The van der Waals surface area contributed by atoms with Gasteiger partial charge in [-0.1, -0.05) is 78.0 Å². The molecule has 0 spiro atoms. The summed E-state index contributed by atoms with van der Waals surface area (Å²) in [5, 5.41) is 0. The number of carbonyl (C=O) groups excluding carboxylic acids is 1. The van der Waals surface area contributed by atoms with Crippen LogP contribution in [-0.4, -0.2) is 21.2 Å². The molecule has 0 aliphatic rings. The molecule has 3 heteroatoms. The monoisotopic (exact) mass is 350 g/mol. The molecule has 0 saturated heterocycles. The van der Waals surface area contributed by atoms with Crippen molar-refractivity contribution in [3.8, 4) is 0 Å². The standard InChI is InChI=1S/C21H38O2Si/c1-19(2)24(20(3)4,21(5)6)23-18-16-14-12-10-8-7-9-11-13-15-17-22/h7-12,17,19-21H,13-16,18H2,1-6H3. The Labute approximate surface area is 151 Å². The van der Waals surface area contributed by atoms with Crippen LogP contribution >= 0.6 is 0 Å². The number of unbranched alkanes of at least 4 members (excludes halogenated alkanes) is 2. The molecule has 0 fully saturated rings. The lowest BCUT2D eigenvalue weighted by Gasteiger charge is -2.42. The van der Waals surface area contributed by atoms with Gasteiger partial charge in [0.1, 0.15) is 6.29 Å². The molecular weight excluding hydrogens is 312 g/mol. The zero-order valence-electron chi connectivity index (χ0n) is 16.6. The summed E-state index contributed by atoms with van der Waals surface area (Å²) in [4.78, 5) is 10.2. The van der Waals surface area contributed by atoms with Gasteiger partial charge in [-0.05, 0) is 35.9 Å². The van der Waals surface area contributed by atoms with Crippen LogP contribution in [0.3, 0.4) is 0 Å². The summed E-state index contributed by atoms with van der Waals surface area (Å²) in [6, 6.07) is 0. The second-order valence-corrected chi connectivity index (χ2v) is 12.8. The number of hydrogen-bond acceptors (Lipinski definition) is 2. The summed E-state index contributed by atoms with van der Waals surface area (Å²) in [6.07, 6.45) is 16.8. The number of aldehydes is 1. The molecule has 0 N–H and O–H groups in total. The summed E-state index contributed by atoms with van der Waals surface area (Å²) in [5.41, 5.74) is 1.96. The van der Waals surface area contributed by atoms with Crippen molar-refractivity contribution in [2.75, 3.05) is 6.61 Å².